The number of halogens is 2. The second-order valence-corrected chi connectivity index (χ2v) is 7.93. The molecule has 0 saturated carbocycles. The average molecular weight is 458 g/mol. The van der Waals surface area contributed by atoms with Gasteiger partial charge in [-0.2, -0.15) is 5.10 Å². The van der Waals surface area contributed by atoms with Gasteiger partial charge in [-0.25, -0.2) is 9.07 Å². The molecule has 166 valence electrons. The molecule has 1 fully saturated rings. The van der Waals surface area contributed by atoms with Crippen LogP contribution in [0.3, 0.4) is 0 Å². The second-order valence-electron chi connectivity index (χ2n) is 7.52. The monoisotopic (exact) mass is 457 g/mol. The van der Waals surface area contributed by atoms with E-state index in [0.29, 0.717) is 16.3 Å². The number of benzene rings is 2. The standard InChI is InChI=1S/C22H21ClFN5O3/c23-17-4-3-5-18(24)21(17)20(27-11-1-2-12-27)14-25-22(30)19-10-13-28(26-19)15-6-8-16(9-7-15)29(31)32/h3-10,13,20H,1-2,11-12,14H2,(H,25,30). The molecule has 3 aromatic rings. The first-order valence-electron chi connectivity index (χ1n) is 10.2. The van der Waals surface area contributed by atoms with Crippen LogP contribution in [0.2, 0.25) is 5.02 Å². The summed E-state index contributed by atoms with van der Waals surface area (Å²) in [7, 11) is 0. The van der Waals surface area contributed by atoms with E-state index in [1.54, 1.807) is 36.5 Å². The second kappa shape index (κ2) is 9.46. The zero-order valence-corrected chi connectivity index (χ0v) is 17.8. The molecule has 1 N–H and O–H groups in total. The fourth-order valence-corrected chi connectivity index (χ4v) is 4.18. The van der Waals surface area contributed by atoms with Gasteiger partial charge in [0.15, 0.2) is 5.69 Å². The van der Waals surface area contributed by atoms with Crippen LogP contribution in [0.4, 0.5) is 10.1 Å². The van der Waals surface area contributed by atoms with Crippen LogP contribution >= 0.6 is 11.6 Å². The van der Waals surface area contributed by atoms with Gasteiger partial charge in [0.2, 0.25) is 0 Å². The molecule has 1 aliphatic rings. The van der Waals surface area contributed by atoms with Gasteiger partial charge in [-0.3, -0.25) is 19.8 Å². The molecular weight excluding hydrogens is 437 g/mol. The summed E-state index contributed by atoms with van der Waals surface area (Å²) in [5, 5.41) is 18.2. The van der Waals surface area contributed by atoms with Gasteiger partial charge in [-0.1, -0.05) is 17.7 Å². The van der Waals surface area contributed by atoms with Gasteiger partial charge in [0.1, 0.15) is 5.82 Å². The summed E-state index contributed by atoms with van der Waals surface area (Å²) in [5.74, 6) is -0.798. The van der Waals surface area contributed by atoms with Crippen molar-refractivity contribution in [3.8, 4) is 5.69 Å². The number of hydrogen-bond acceptors (Lipinski definition) is 5. The number of carbonyl (C=O) groups is 1. The number of nitro groups is 1. The number of non-ortho nitro benzene ring substituents is 1. The summed E-state index contributed by atoms with van der Waals surface area (Å²) in [4.78, 5) is 25.2. The van der Waals surface area contributed by atoms with Gasteiger partial charge >= 0.3 is 0 Å². The predicted molar refractivity (Wildman–Crippen MR) is 118 cm³/mol. The van der Waals surface area contributed by atoms with Crippen LogP contribution < -0.4 is 5.32 Å². The molecule has 0 bridgehead atoms. The number of nitrogens with one attached hydrogen (secondary N) is 1. The largest absolute Gasteiger partial charge is 0.349 e. The highest BCUT2D eigenvalue weighted by molar-refractivity contribution is 6.31. The van der Waals surface area contributed by atoms with Crippen LogP contribution in [-0.4, -0.2) is 45.1 Å². The normalized spacial score (nSPS) is 14.9. The van der Waals surface area contributed by atoms with Crippen molar-refractivity contribution in [1.29, 1.82) is 0 Å². The van der Waals surface area contributed by atoms with Gasteiger partial charge in [-0.15, -0.1) is 0 Å². The number of nitro benzene ring substituents is 1. The lowest BCUT2D eigenvalue weighted by molar-refractivity contribution is -0.384. The third-order valence-electron chi connectivity index (χ3n) is 5.52. The number of rotatable bonds is 7. The Morgan fingerprint density at radius 1 is 1.19 bits per heavy atom. The summed E-state index contributed by atoms with van der Waals surface area (Å²) in [6.07, 6.45) is 3.62. The van der Waals surface area contributed by atoms with Crippen molar-refractivity contribution in [2.45, 2.75) is 18.9 Å². The van der Waals surface area contributed by atoms with Crippen LogP contribution in [0.25, 0.3) is 5.69 Å². The molecule has 1 aliphatic heterocycles. The lowest BCUT2D eigenvalue weighted by Crippen LogP contribution is -2.37. The molecule has 1 aromatic heterocycles. The topological polar surface area (TPSA) is 93.3 Å². The molecule has 2 heterocycles. The van der Waals surface area contributed by atoms with Crippen molar-refractivity contribution in [2.75, 3.05) is 19.6 Å². The Hall–Kier alpha value is -3.30. The Labute approximate surface area is 188 Å². The smallest absolute Gasteiger partial charge is 0.271 e. The van der Waals surface area contributed by atoms with E-state index in [9.17, 15) is 19.3 Å². The van der Waals surface area contributed by atoms with Gasteiger partial charge in [0.25, 0.3) is 11.6 Å². The molecule has 0 radical (unpaired) electrons. The Kier molecular flexibility index (Phi) is 6.48. The minimum absolute atomic E-state index is 0.0290. The van der Waals surface area contributed by atoms with E-state index in [-0.39, 0.29) is 24.0 Å². The maximum absolute atomic E-state index is 14.6. The number of hydrogen-bond donors (Lipinski definition) is 1. The molecule has 1 unspecified atom stereocenters. The quantitative estimate of drug-likeness (QED) is 0.425. The van der Waals surface area contributed by atoms with E-state index in [0.717, 1.165) is 25.9 Å². The molecule has 0 aliphatic carbocycles. The van der Waals surface area contributed by atoms with E-state index in [2.05, 4.69) is 15.3 Å². The molecule has 10 heteroatoms. The number of amides is 1. The third kappa shape index (κ3) is 4.63. The van der Waals surface area contributed by atoms with Gasteiger partial charge < -0.3 is 5.32 Å². The SMILES string of the molecule is O=C(NCC(c1c(F)cccc1Cl)N1CCCC1)c1ccn(-c2ccc([N+](=O)[O-])cc2)n1. The highest BCUT2D eigenvalue weighted by Crippen LogP contribution is 2.32. The minimum Gasteiger partial charge on any atom is -0.349 e. The van der Waals surface area contributed by atoms with Crippen molar-refractivity contribution in [3.05, 3.63) is 86.9 Å². The number of nitrogens with zero attached hydrogens (tertiary/aromatic N) is 4. The van der Waals surface area contributed by atoms with Crippen molar-refractivity contribution in [2.24, 2.45) is 0 Å². The van der Waals surface area contributed by atoms with E-state index >= 15 is 0 Å². The summed E-state index contributed by atoms with van der Waals surface area (Å²) in [6.45, 7) is 1.80. The van der Waals surface area contributed by atoms with Crippen LogP contribution in [0.5, 0.6) is 0 Å². The predicted octanol–water partition coefficient (Wildman–Crippen LogP) is 4.14. The average Bonchev–Trinajstić information content (AvgIpc) is 3.48. The zero-order valence-electron chi connectivity index (χ0n) is 17.1. The maximum Gasteiger partial charge on any atom is 0.271 e. The van der Waals surface area contributed by atoms with Crippen LogP contribution in [-0.2, 0) is 0 Å². The van der Waals surface area contributed by atoms with Crippen molar-refractivity contribution in [3.63, 3.8) is 0 Å². The molecule has 1 atom stereocenters. The summed E-state index contributed by atoms with van der Waals surface area (Å²) in [5.41, 5.74) is 1.12. The molecule has 0 spiro atoms. The van der Waals surface area contributed by atoms with Gasteiger partial charge in [0.05, 0.1) is 16.7 Å². The van der Waals surface area contributed by atoms with Crippen molar-refractivity contribution < 1.29 is 14.1 Å². The van der Waals surface area contributed by atoms with E-state index in [1.165, 1.54) is 22.9 Å². The van der Waals surface area contributed by atoms with Crippen LogP contribution in [0, 0.1) is 15.9 Å². The first-order chi connectivity index (χ1) is 15.4. The fourth-order valence-electron chi connectivity index (χ4n) is 3.89. The van der Waals surface area contributed by atoms with Crippen molar-refractivity contribution in [1.82, 2.24) is 20.0 Å². The molecule has 4 rings (SSSR count). The first-order valence-corrected chi connectivity index (χ1v) is 10.6. The Morgan fingerprint density at radius 3 is 2.56 bits per heavy atom. The number of carbonyl (C=O) groups excluding carboxylic acids is 1. The molecule has 32 heavy (non-hydrogen) atoms. The Morgan fingerprint density at radius 2 is 1.91 bits per heavy atom. The number of likely N-dealkylation sites (tertiary alicyclic amines) is 1. The Bertz CT molecular complexity index is 1110. The summed E-state index contributed by atoms with van der Waals surface area (Å²) < 4.78 is 16.1. The fraction of sp³-hybridized carbons (Fsp3) is 0.273. The summed E-state index contributed by atoms with van der Waals surface area (Å²) in [6, 6.07) is 11.6. The molecule has 8 nitrogen and oxygen atoms in total. The summed E-state index contributed by atoms with van der Waals surface area (Å²) >= 11 is 6.30. The minimum atomic E-state index is -0.482. The number of aromatic nitrogens is 2. The van der Waals surface area contributed by atoms with Crippen LogP contribution in [0.15, 0.2) is 54.7 Å². The first kappa shape index (κ1) is 21.9. The highest BCUT2D eigenvalue weighted by Gasteiger charge is 2.28. The van der Waals surface area contributed by atoms with Crippen LogP contribution in [0.1, 0.15) is 34.9 Å². The highest BCUT2D eigenvalue weighted by atomic mass is 35.5. The Balaban J connectivity index is 1.48. The van der Waals surface area contributed by atoms with E-state index in [4.69, 9.17) is 11.6 Å². The molecule has 1 amide bonds. The third-order valence-corrected chi connectivity index (χ3v) is 5.85. The van der Waals surface area contributed by atoms with Gasteiger partial charge in [-0.05, 0) is 56.3 Å². The molecule has 1 saturated heterocycles. The zero-order chi connectivity index (χ0) is 22.7. The molecular formula is C22H21ClFN5O3. The maximum atomic E-state index is 14.6. The van der Waals surface area contributed by atoms with E-state index in [1.807, 2.05) is 0 Å². The van der Waals surface area contributed by atoms with E-state index < -0.39 is 16.6 Å². The van der Waals surface area contributed by atoms with Gasteiger partial charge in [0, 0.05) is 35.5 Å². The van der Waals surface area contributed by atoms with Crippen molar-refractivity contribution >= 4 is 23.2 Å². The molecule has 2 aromatic carbocycles. The lowest BCUT2D eigenvalue weighted by Gasteiger charge is -2.29. The lowest BCUT2D eigenvalue weighted by atomic mass is 10.0.